The third-order valence-electron chi connectivity index (χ3n) is 9.55. The topological polar surface area (TPSA) is 26.3 Å². The van der Waals surface area contributed by atoms with Gasteiger partial charge in [-0.25, -0.2) is 0 Å². The lowest BCUT2D eigenvalue weighted by Gasteiger charge is -2.21. The summed E-state index contributed by atoms with van der Waals surface area (Å²) in [6.07, 6.45) is 4.22. The van der Waals surface area contributed by atoms with E-state index in [1.54, 1.807) is 0 Å². The van der Waals surface area contributed by atoms with Crippen LogP contribution in [0.3, 0.4) is 0 Å². The Kier molecular flexibility index (Phi) is 4.86. The number of hydrogen-bond donors (Lipinski definition) is 0. The summed E-state index contributed by atoms with van der Waals surface area (Å²) in [4.78, 5) is 0. The summed E-state index contributed by atoms with van der Waals surface area (Å²) in [6.45, 7) is 0. The fourth-order valence-electron chi connectivity index (χ4n) is 7.60. The molecule has 0 spiro atoms. The van der Waals surface area contributed by atoms with Gasteiger partial charge in [0, 0.05) is 33.5 Å². The van der Waals surface area contributed by atoms with E-state index in [-0.39, 0.29) is 0 Å². The molecule has 10 rings (SSSR count). The van der Waals surface area contributed by atoms with Gasteiger partial charge in [0.05, 0.1) is 0 Å². The second-order valence-corrected chi connectivity index (χ2v) is 11.9. The van der Waals surface area contributed by atoms with E-state index in [0.29, 0.717) is 0 Å². The number of aryl methyl sites for hydroxylation is 1. The van der Waals surface area contributed by atoms with Gasteiger partial charge in [0.2, 0.25) is 0 Å². The van der Waals surface area contributed by atoms with Crippen molar-refractivity contribution in [2.75, 3.05) is 0 Å². The summed E-state index contributed by atoms with van der Waals surface area (Å²) in [5.74, 6) is 1.09. The van der Waals surface area contributed by atoms with Crippen LogP contribution in [0.5, 0.6) is 0 Å². The van der Waals surface area contributed by atoms with Crippen LogP contribution in [-0.4, -0.2) is 0 Å². The van der Waals surface area contributed by atoms with E-state index in [1.165, 1.54) is 65.5 Å². The first-order valence-electron chi connectivity index (χ1n) is 15.3. The standard InChI is InChI=1S/C42H26O2/c1-2-10-28-25(9-1)17-20-34-36-24-27(19-22-39(36)44-42(28)34)41-32-14-5-3-12-30(32)40(31-13-4-6-15-33(31)41)26-18-21-38-35(23-26)29-11-7-8-16-37(29)43-38/h1-18,20-21,23-24H,19,22H2. The predicted octanol–water partition coefficient (Wildman–Crippen LogP) is 11.9. The van der Waals surface area contributed by atoms with Crippen molar-refractivity contribution >= 4 is 76.9 Å². The Balaban J connectivity index is 1.25. The highest BCUT2D eigenvalue weighted by molar-refractivity contribution is 6.21. The van der Waals surface area contributed by atoms with Crippen molar-refractivity contribution in [3.05, 3.63) is 144 Å². The van der Waals surface area contributed by atoms with E-state index in [4.69, 9.17) is 8.83 Å². The van der Waals surface area contributed by atoms with Gasteiger partial charge in [0.15, 0.2) is 0 Å². The normalized spacial score (nSPS) is 13.4. The van der Waals surface area contributed by atoms with Crippen molar-refractivity contribution in [1.82, 2.24) is 0 Å². The van der Waals surface area contributed by atoms with E-state index in [1.807, 2.05) is 12.1 Å². The Hall–Kier alpha value is -5.60. The van der Waals surface area contributed by atoms with Crippen LogP contribution < -0.4 is 0 Å². The molecule has 0 fully saturated rings. The molecule has 2 heterocycles. The monoisotopic (exact) mass is 562 g/mol. The minimum atomic E-state index is 0.888. The van der Waals surface area contributed by atoms with Crippen LogP contribution in [0.4, 0.5) is 0 Å². The van der Waals surface area contributed by atoms with Gasteiger partial charge >= 0.3 is 0 Å². The summed E-state index contributed by atoms with van der Waals surface area (Å²) in [5.41, 5.74) is 9.23. The molecule has 0 radical (unpaired) electrons. The van der Waals surface area contributed by atoms with Crippen molar-refractivity contribution < 1.29 is 8.83 Å². The highest BCUT2D eigenvalue weighted by Gasteiger charge is 2.24. The van der Waals surface area contributed by atoms with Crippen LogP contribution >= 0.6 is 0 Å². The average Bonchev–Trinajstić information content (AvgIpc) is 3.65. The largest absolute Gasteiger partial charge is 0.460 e. The molecule has 0 saturated carbocycles. The number of fused-ring (bicyclic) bond motifs is 10. The van der Waals surface area contributed by atoms with Crippen LogP contribution in [0, 0.1) is 0 Å². The van der Waals surface area contributed by atoms with Gasteiger partial charge < -0.3 is 8.83 Å². The molecule has 44 heavy (non-hydrogen) atoms. The van der Waals surface area contributed by atoms with Crippen LogP contribution in [-0.2, 0) is 6.42 Å². The van der Waals surface area contributed by atoms with Crippen molar-refractivity contribution in [3.8, 4) is 11.1 Å². The summed E-state index contributed by atoms with van der Waals surface area (Å²) in [5, 5.41) is 11.0. The van der Waals surface area contributed by atoms with Gasteiger partial charge in [-0.1, -0.05) is 103 Å². The lowest BCUT2D eigenvalue weighted by Crippen LogP contribution is -1.99. The lowest BCUT2D eigenvalue weighted by atomic mass is 9.82. The molecular weight excluding hydrogens is 536 g/mol. The van der Waals surface area contributed by atoms with E-state index in [2.05, 4.69) is 121 Å². The second kappa shape index (κ2) is 8.95. The van der Waals surface area contributed by atoms with Crippen LogP contribution in [0.2, 0.25) is 0 Å². The first-order chi connectivity index (χ1) is 21.8. The number of para-hydroxylation sites is 1. The Morgan fingerprint density at radius 3 is 1.84 bits per heavy atom. The molecule has 0 unspecified atom stereocenters. The molecule has 2 aromatic heterocycles. The van der Waals surface area contributed by atoms with Crippen LogP contribution in [0.1, 0.15) is 23.3 Å². The molecule has 7 aromatic carbocycles. The van der Waals surface area contributed by atoms with Crippen molar-refractivity contribution in [2.24, 2.45) is 0 Å². The van der Waals surface area contributed by atoms with Crippen LogP contribution in [0.25, 0.3) is 88.0 Å². The minimum absolute atomic E-state index is 0.888. The lowest BCUT2D eigenvalue weighted by molar-refractivity contribution is 0.550. The van der Waals surface area contributed by atoms with Crippen molar-refractivity contribution in [3.63, 3.8) is 0 Å². The quantitative estimate of drug-likeness (QED) is 0.196. The molecule has 2 heteroatoms. The molecule has 0 aliphatic heterocycles. The summed E-state index contributed by atoms with van der Waals surface area (Å²) >= 11 is 0. The fraction of sp³-hybridized carbons (Fsp3) is 0.0476. The van der Waals surface area contributed by atoms with Crippen LogP contribution in [0.15, 0.2) is 136 Å². The Morgan fingerprint density at radius 1 is 0.432 bits per heavy atom. The van der Waals surface area contributed by atoms with Crippen molar-refractivity contribution in [1.29, 1.82) is 0 Å². The summed E-state index contributed by atoms with van der Waals surface area (Å²) < 4.78 is 12.7. The molecule has 2 nitrogen and oxygen atoms in total. The average molecular weight is 563 g/mol. The Morgan fingerprint density at radius 2 is 1.07 bits per heavy atom. The predicted molar refractivity (Wildman–Crippen MR) is 184 cm³/mol. The van der Waals surface area contributed by atoms with Gasteiger partial charge in [-0.2, -0.15) is 0 Å². The number of rotatable bonds is 2. The molecule has 0 bridgehead atoms. The zero-order valence-corrected chi connectivity index (χ0v) is 23.9. The first kappa shape index (κ1) is 23.9. The Labute approximate surface area is 253 Å². The SMILES string of the molecule is C1=C(c2c3ccccc3c(-c3ccc4oc5ccccc5c4c3)c3ccccc23)CCc2oc3c(ccc4ccccc43)c21. The maximum atomic E-state index is 6.55. The molecule has 0 amide bonds. The molecule has 1 aliphatic rings. The van der Waals surface area contributed by atoms with Gasteiger partial charge in [-0.15, -0.1) is 0 Å². The second-order valence-electron chi connectivity index (χ2n) is 11.9. The number of hydrogen-bond acceptors (Lipinski definition) is 2. The zero-order valence-electron chi connectivity index (χ0n) is 23.9. The molecular formula is C42H26O2. The summed E-state index contributed by atoms with van der Waals surface area (Å²) in [6, 6.07) is 45.7. The molecule has 9 aromatic rings. The Bertz CT molecular complexity index is 2600. The molecule has 206 valence electrons. The zero-order chi connectivity index (χ0) is 28.8. The van der Waals surface area contributed by atoms with E-state index in [0.717, 1.165) is 46.1 Å². The third-order valence-corrected chi connectivity index (χ3v) is 9.55. The van der Waals surface area contributed by atoms with Gasteiger partial charge in [0.25, 0.3) is 0 Å². The highest BCUT2D eigenvalue weighted by Crippen LogP contribution is 2.46. The number of benzene rings is 7. The van der Waals surface area contributed by atoms with E-state index < -0.39 is 0 Å². The van der Waals surface area contributed by atoms with Gasteiger partial charge in [-0.3, -0.25) is 0 Å². The smallest absolute Gasteiger partial charge is 0.142 e. The number of furan rings is 2. The molecule has 0 saturated heterocycles. The maximum Gasteiger partial charge on any atom is 0.142 e. The van der Waals surface area contributed by atoms with E-state index >= 15 is 0 Å². The van der Waals surface area contributed by atoms with Gasteiger partial charge in [-0.05, 0) is 86.0 Å². The minimum Gasteiger partial charge on any atom is -0.460 e. The fourth-order valence-corrected chi connectivity index (χ4v) is 7.60. The summed E-state index contributed by atoms with van der Waals surface area (Å²) in [7, 11) is 0. The first-order valence-corrected chi connectivity index (χ1v) is 15.3. The number of allylic oxidation sites excluding steroid dienone is 1. The maximum absolute atomic E-state index is 6.55. The third kappa shape index (κ3) is 3.31. The molecule has 0 atom stereocenters. The molecule has 1 aliphatic carbocycles. The van der Waals surface area contributed by atoms with Gasteiger partial charge in [0.1, 0.15) is 22.5 Å². The molecule has 0 N–H and O–H groups in total. The highest BCUT2D eigenvalue weighted by atomic mass is 16.3. The van der Waals surface area contributed by atoms with E-state index in [9.17, 15) is 0 Å². The van der Waals surface area contributed by atoms with Crippen molar-refractivity contribution in [2.45, 2.75) is 12.8 Å².